The van der Waals surface area contributed by atoms with Crippen LogP contribution >= 0.6 is 0 Å². The molecule has 12 heteroatoms. The average Bonchev–Trinajstić information content (AvgIpc) is 3.46. The number of carboxylic acid groups (broad SMARTS) is 1. The molecule has 0 saturated heterocycles. The molecule has 164 valence electrons. The number of nitrogens with zero attached hydrogens (tertiary/aromatic N) is 5. The first-order valence-electron chi connectivity index (χ1n) is 9.38. The van der Waals surface area contributed by atoms with Gasteiger partial charge in [-0.3, -0.25) is 4.68 Å². The minimum absolute atomic E-state index is 0.00977. The van der Waals surface area contributed by atoms with E-state index in [1.54, 1.807) is 6.20 Å². The van der Waals surface area contributed by atoms with Gasteiger partial charge in [-0.25, -0.2) is 14.8 Å². The highest BCUT2D eigenvalue weighted by molar-refractivity contribution is 5.89. The number of H-pyrrole nitrogens is 1. The van der Waals surface area contributed by atoms with Gasteiger partial charge in [0.2, 0.25) is 0 Å². The van der Waals surface area contributed by atoms with Gasteiger partial charge in [0.15, 0.2) is 0 Å². The van der Waals surface area contributed by atoms with Crippen LogP contribution in [0.5, 0.6) is 0 Å². The fraction of sp³-hybridized carbons (Fsp3) is 0.421. The Hall–Kier alpha value is -3.46. The van der Waals surface area contributed by atoms with Crippen LogP contribution in [0, 0.1) is 17.2 Å². The number of carbonyl (C=O) groups is 1. The number of fused-ring (bicyclic) bond motifs is 1. The molecule has 0 spiro atoms. The number of hydrogen-bond acceptors (Lipinski definition) is 6. The van der Waals surface area contributed by atoms with Crippen LogP contribution in [0.25, 0.3) is 22.3 Å². The first kappa shape index (κ1) is 22.2. The Bertz CT molecular complexity index is 1090. The van der Waals surface area contributed by atoms with Crippen LogP contribution in [0.3, 0.4) is 0 Å². The maximum atomic E-state index is 10.6. The molecule has 1 fully saturated rings. The minimum Gasteiger partial charge on any atom is -0.475 e. The zero-order chi connectivity index (χ0) is 22.6. The van der Waals surface area contributed by atoms with E-state index in [2.05, 4.69) is 26.1 Å². The maximum Gasteiger partial charge on any atom is 0.490 e. The van der Waals surface area contributed by atoms with Gasteiger partial charge >= 0.3 is 12.1 Å². The van der Waals surface area contributed by atoms with Crippen molar-refractivity contribution in [2.75, 3.05) is 0 Å². The Labute approximate surface area is 174 Å². The number of alkyl halides is 3. The molecule has 1 aliphatic rings. The van der Waals surface area contributed by atoms with Crippen LogP contribution in [0.1, 0.15) is 31.7 Å². The van der Waals surface area contributed by atoms with Gasteiger partial charge in [0.25, 0.3) is 0 Å². The Morgan fingerprint density at radius 2 is 2.13 bits per heavy atom. The number of nitriles is 1. The van der Waals surface area contributed by atoms with Crippen molar-refractivity contribution in [2.24, 2.45) is 5.92 Å². The fourth-order valence-corrected chi connectivity index (χ4v) is 3.65. The molecular formula is C19H19F3N6O3. The third-order valence-electron chi connectivity index (χ3n) is 5.10. The van der Waals surface area contributed by atoms with Crippen LogP contribution < -0.4 is 0 Å². The lowest BCUT2D eigenvalue weighted by Crippen LogP contribution is -2.21. The van der Waals surface area contributed by atoms with E-state index in [4.69, 9.17) is 9.90 Å². The van der Waals surface area contributed by atoms with Crippen LogP contribution in [0.15, 0.2) is 31.0 Å². The predicted molar refractivity (Wildman–Crippen MR) is 101 cm³/mol. The van der Waals surface area contributed by atoms with Gasteiger partial charge < -0.3 is 15.2 Å². The van der Waals surface area contributed by atoms with Crippen LogP contribution in [0.2, 0.25) is 0 Å². The molecule has 0 radical (unpaired) electrons. The summed E-state index contributed by atoms with van der Waals surface area (Å²) in [5, 5.41) is 31.6. The second-order valence-electron chi connectivity index (χ2n) is 7.13. The first-order valence-corrected chi connectivity index (χ1v) is 9.38. The quantitative estimate of drug-likeness (QED) is 0.571. The third kappa shape index (κ3) is 5.18. The number of aliphatic carboxylic acids is 1. The monoisotopic (exact) mass is 436 g/mol. The highest BCUT2D eigenvalue weighted by atomic mass is 19.4. The highest BCUT2D eigenvalue weighted by Crippen LogP contribution is 2.37. The van der Waals surface area contributed by atoms with Gasteiger partial charge in [-0.05, 0) is 31.2 Å². The topological polar surface area (TPSA) is 141 Å². The number of carboxylic acids is 1. The molecule has 3 aromatic rings. The van der Waals surface area contributed by atoms with E-state index in [-0.39, 0.29) is 18.1 Å². The molecule has 31 heavy (non-hydrogen) atoms. The summed E-state index contributed by atoms with van der Waals surface area (Å²) in [6.45, 7) is 0. The van der Waals surface area contributed by atoms with Crippen molar-refractivity contribution in [3.8, 4) is 17.3 Å². The summed E-state index contributed by atoms with van der Waals surface area (Å²) in [4.78, 5) is 20.6. The molecule has 3 aromatic heterocycles. The molecule has 0 aliphatic heterocycles. The molecule has 9 nitrogen and oxygen atoms in total. The molecule has 0 bridgehead atoms. The summed E-state index contributed by atoms with van der Waals surface area (Å²) in [5.41, 5.74) is 2.53. The van der Waals surface area contributed by atoms with Gasteiger partial charge in [0.1, 0.15) is 12.0 Å². The Morgan fingerprint density at radius 1 is 1.39 bits per heavy atom. The standard InChI is InChI=1S/C17H18N6O.C2HF3O2/c18-5-3-15(11-1-2-13(24)7-11)23-9-12(8-22-23)16-14-4-6-19-17(14)21-10-20-16;3-2(4,5)1(6)7/h4,6,8-11,13,15,24H,1-3,7H2,(H,19,20,21);(H,6,7)/t11-,13-,15?;/m1./s1. The first-order chi connectivity index (χ1) is 14.7. The Balaban J connectivity index is 0.000000339. The van der Waals surface area contributed by atoms with E-state index >= 15 is 0 Å². The number of aromatic amines is 1. The zero-order valence-corrected chi connectivity index (χ0v) is 16.1. The second kappa shape index (κ2) is 9.13. The van der Waals surface area contributed by atoms with Gasteiger partial charge in [-0.15, -0.1) is 0 Å². The Morgan fingerprint density at radius 3 is 2.74 bits per heavy atom. The maximum absolute atomic E-state index is 10.6. The molecule has 3 heterocycles. The van der Waals surface area contributed by atoms with E-state index < -0.39 is 12.1 Å². The number of rotatable bonds is 4. The summed E-state index contributed by atoms with van der Waals surface area (Å²) in [6.07, 6.45) is 4.62. The molecule has 3 atom stereocenters. The molecule has 0 amide bonds. The van der Waals surface area contributed by atoms with E-state index in [1.165, 1.54) is 6.33 Å². The zero-order valence-electron chi connectivity index (χ0n) is 16.1. The van der Waals surface area contributed by atoms with Gasteiger partial charge in [-0.1, -0.05) is 0 Å². The number of aliphatic hydroxyl groups is 1. The van der Waals surface area contributed by atoms with Gasteiger partial charge in [0, 0.05) is 23.3 Å². The normalized spacial score (nSPS) is 19.5. The highest BCUT2D eigenvalue weighted by Gasteiger charge is 2.38. The summed E-state index contributed by atoms with van der Waals surface area (Å²) in [7, 11) is 0. The lowest BCUT2D eigenvalue weighted by Gasteiger charge is -2.21. The van der Waals surface area contributed by atoms with Crippen LogP contribution in [-0.2, 0) is 4.79 Å². The molecule has 0 aromatic carbocycles. The third-order valence-corrected chi connectivity index (χ3v) is 5.10. The van der Waals surface area contributed by atoms with Crippen molar-refractivity contribution in [1.82, 2.24) is 24.7 Å². The van der Waals surface area contributed by atoms with Crippen LogP contribution in [0.4, 0.5) is 13.2 Å². The minimum atomic E-state index is -5.08. The fourth-order valence-electron chi connectivity index (χ4n) is 3.65. The number of halogens is 3. The lowest BCUT2D eigenvalue weighted by atomic mass is 9.96. The predicted octanol–water partition coefficient (Wildman–Crippen LogP) is 3.07. The van der Waals surface area contributed by atoms with Crippen molar-refractivity contribution in [1.29, 1.82) is 5.26 Å². The number of hydrogen-bond donors (Lipinski definition) is 3. The summed E-state index contributed by atoms with van der Waals surface area (Å²) in [5.74, 6) is -2.47. The second-order valence-corrected chi connectivity index (χ2v) is 7.13. The van der Waals surface area contributed by atoms with E-state index in [0.717, 1.165) is 41.6 Å². The summed E-state index contributed by atoms with van der Waals surface area (Å²) in [6, 6.07) is 4.20. The summed E-state index contributed by atoms with van der Waals surface area (Å²) >= 11 is 0. The largest absolute Gasteiger partial charge is 0.490 e. The number of aromatic nitrogens is 5. The van der Waals surface area contributed by atoms with Crippen molar-refractivity contribution in [3.05, 3.63) is 31.0 Å². The average molecular weight is 436 g/mol. The number of nitrogens with one attached hydrogen (secondary N) is 1. The van der Waals surface area contributed by atoms with Crippen LogP contribution in [-0.4, -0.2) is 53.2 Å². The molecule has 3 N–H and O–H groups in total. The Kier molecular flexibility index (Phi) is 6.55. The van der Waals surface area contributed by atoms with Crippen molar-refractivity contribution in [3.63, 3.8) is 0 Å². The van der Waals surface area contributed by atoms with E-state index in [0.29, 0.717) is 6.42 Å². The SMILES string of the molecule is N#CCC([C@@H]1CC[C@@H](O)C1)n1cc(-c2ncnc3[nH]ccc23)cn1.O=C(O)C(F)(F)F. The van der Waals surface area contributed by atoms with E-state index in [1.807, 2.05) is 23.1 Å². The van der Waals surface area contributed by atoms with Crippen molar-refractivity contribution in [2.45, 2.75) is 44.0 Å². The molecule has 1 saturated carbocycles. The molecule has 4 rings (SSSR count). The van der Waals surface area contributed by atoms with Gasteiger partial charge in [0.05, 0.1) is 36.5 Å². The van der Waals surface area contributed by atoms with E-state index in [9.17, 15) is 23.5 Å². The smallest absolute Gasteiger partial charge is 0.475 e. The lowest BCUT2D eigenvalue weighted by molar-refractivity contribution is -0.192. The molecule has 1 aliphatic carbocycles. The molecular weight excluding hydrogens is 417 g/mol. The molecule has 1 unspecified atom stereocenters. The number of aliphatic hydroxyl groups excluding tert-OH is 1. The van der Waals surface area contributed by atoms with Crippen molar-refractivity contribution >= 4 is 17.0 Å². The van der Waals surface area contributed by atoms with Gasteiger partial charge in [-0.2, -0.15) is 23.5 Å². The summed E-state index contributed by atoms with van der Waals surface area (Å²) < 4.78 is 33.6. The van der Waals surface area contributed by atoms with Crippen molar-refractivity contribution < 1.29 is 28.2 Å².